The van der Waals surface area contributed by atoms with Crippen molar-refractivity contribution in [2.45, 2.75) is 58.4 Å². The van der Waals surface area contributed by atoms with Gasteiger partial charge in [0.2, 0.25) is 0 Å². The summed E-state index contributed by atoms with van der Waals surface area (Å²) in [4.78, 5) is 0. The van der Waals surface area contributed by atoms with Crippen molar-refractivity contribution in [3.05, 3.63) is 0 Å². The average molecular weight is 332 g/mol. The van der Waals surface area contributed by atoms with E-state index in [1.807, 2.05) is 0 Å². The van der Waals surface area contributed by atoms with Gasteiger partial charge in [0.15, 0.2) is 0 Å². The van der Waals surface area contributed by atoms with Crippen LogP contribution in [0, 0.1) is 0 Å². The molecule has 0 rings (SSSR count). The second-order valence-electron chi connectivity index (χ2n) is 3.69. The highest BCUT2D eigenvalue weighted by atomic mass is 31.2. The summed E-state index contributed by atoms with van der Waals surface area (Å²) in [6.07, 6.45) is -16.0. The minimum Gasteiger partial charge on any atom is -0.227 e. The van der Waals surface area contributed by atoms with Gasteiger partial charge in [0.05, 0.1) is 0 Å². The number of hydrogen-bond acceptors (Lipinski definition) is 4. The first kappa shape index (κ1) is 19.7. The van der Waals surface area contributed by atoms with Crippen molar-refractivity contribution < 1.29 is 44.5 Å². The largest absolute Gasteiger partial charge is 0.489 e. The van der Waals surface area contributed by atoms with Crippen LogP contribution < -0.4 is 0 Å². The Morgan fingerprint density at radius 1 is 0.700 bits per heavy atom. The molecule has 4 nitrogen and oxygen atoms in total. The molecule has 0 aliphatic carbocycles. The van der Waals surface area contributed by atoms with E-state index in [0.717, 1.165) is 20.8 Å². The SMILES string of the molecule is CCC(F)(F)OP(=O)(OC(F)(F)CC)OC(F)(F)CC. The van der Waals surface area contributed by atoms with Gasteiger partial charge in [-0.15, -0.1) is 0 Å². The smallest absolute Gasteiger partial charge is 0.227 e. The van der Waals surface area contributed by atoms with E-state index >= 15 is 0 Å². The van der Waals surface area contributed by atoms with Gasteiger partial charge in [-0.05, 0) is 0 Å². The number of halogens is 6. The maximum absolute atomic E-state index is 13.0. The molecule has 0 aliphatic heterocycles. The summed E-state index contributed by atoms with van der Waals surface area (Å²) in [5.41, 5.74) is 0. The maximum Gasteiger partial charge on any atom is 0.489 e. The summed E-state index contributed by atoms with van der Waals surface area (Å²) >= 11 is 0. The zero-order valence-corrected chi connectivity index (χ0v) is 11.9. The molecule has 0 aliphatic rings. The first-order valence-electron chi connectivity index (χ1n) is 5.66. The normalized spacial score (nSPS) is 14.7. The highest BCUT2D eigenvalue weighted by Gasteiger charge is 2.52. The Morgan fingerprint density at radius 3 is 1.05 bits per heavy atom. The molecule has 0 aromatic carbocycles. The molecule has 0 saturated carbocycles. The molecule has 0 saturated heterocycles. The van der Waals surface area contributed by atoms with Gasteiger partial charge in [-0.2, -0.15) is 26.3 Å². The lowest BCUT2D eigenvalue weighted by molar-refractivity contribution is -0.258. The molecule has 0 fully saturated rings. The summed E-state index contributed by atoms with van der Waals surface area (Å²) in [5.74, 6) is 0. The minimum absolute atomic E-state index is 0.861. The van der Waals surface area contributed by atoms with Gasteiger partial charge in [-0.25, -0.2) is 18.1 Å². The van der Waals surface area contributed by atoms with Crippen molar-refractivity contribution in [2.75, 3.05) is 0 Å². The van der Waals surface area contributed by atoms with Crippen LogP contribution in [0.15, 0.2) is 0 Å². The molecule has 0 unspecified atom stereocenters. The number of alkyl halides is 6. The molecule has 0 heterocycles. The highest BCUT2D eigenvalue weighted by Crippen LogP contribution is 2.60. The minimum atomic E-state index is -5.88. The summed E-state index contributed by atoms with van der Waals surface area (Å²) in [5, 5.41) is 0. The number of hydrogen-bond donors (Lipinski definition) is 0. The van der Waals surface area contributed by atoms with E-state index in [1.165, 1.54) is 0 Å². The summed E-state index contributed by atoms with van der Waals surface area (Å²) < 4.78 is 99.8. The molecule has 0 amide bonds. The van der Waals surface area contributed by atoms with Crippen LogP contribution in [0.2, 0.25) is 0 Å². The van der Waals surface area contributed by atoms with Crippen molar-refractivity contribution in [1.29, 1.82) is 0 Å². The van der Waals surface area contributed by atoms with Crippen LogP contribution in [0.1, 0.15) is 40.0 Å². The van der Waals surface area contributed by atoms with Crippen LogP contribution in [0.4, 0.5) is 26.3 Å². The van der Waals surface area contributed by atoms with Crippen LogP contribution in [0.25, 0.3) is 0 Å². The summed E-state index contributed by atoms with van der Waals surface area (Å²) in [6.45, 7) is 2.58. The van der Waals surface area contributed by atoms with Gasteiger partial charge in [0, 0.05) is 19.3 Å². The number of phosphoric ester groups is 1. The van der Waals surface area contributed by atoms with Crippen LogP contribution >= 0.6 is 7.82 Å². The van der Waals surface area contributed by atoms with Gasteiger partial charge in [-0.3, -0.25) is 0 Å². The Balaban J connectivity index is 5.29. The van der Waals surface area contributed by atoms with Crippen LogP contribution in [-0.4, -0.2) is 18.3 Å². The topological polar surface area (TPSA) is 44.8 Å². The van der Waals surface area contributed by atoms with E-state index in [-0.39, 0.29) is 0 Å². The lowest BCUT2D eigenvalue weighted by atomic mass is 10.5. The summed E-state index contributed by atoms with van der Waals surface area (Å²) in [7, 11) is -5.88. The maximum atomic E-state index is 13.0. The van der Waals surface area contributed by atoms with Crippen molar-refractivity contribution in [3.8, 4) is 0 Å². The van der Waals surface area contributed by atoms with E-state index < -0.39 is 45.4 Å². The molecule has 0 aromatic rings. The Labute approximate surface area is 112 Å². The third-order valence-corrected chi connectivity index (χ3v) is 3.44. The molecular formula is C9H15F6O4P. The predicted molar refractivity (Wildman–Crippen MR) is 56.6 cm³/mol. The van der Waals surface area contributed by atoms with E-state index in [9.17, 15) is 30.9 Å². The fourth-order valence-corrected chi connectivity index (χ4v) is 2.22. The molecule has 0 bridgehead atoms. The third-order valence-electron chi connectivity index (χ3n) is 1.97. The lowest BCUT2D eigenvalue weighted by Gasteiger charge is -2.27. The van der Waals surface area contributed by atoms with Gasteiger partial charge in [0.25, 0.3) is 0 Å². The van der Waals surface area contributed by atoms with Gasteiger partial charge < -0.3 is 0 Å². The van der Waals surface area contributed by atoms with E-state index in [0.29, 0.717) is 0 Å². The molecule has 0 aromatic heterocycles. The Bertz CT molecular complexity index is 310. The molecule has 0 spiro atoms. The van der Waals surface area contributed by atoms with Crippen molar-refractivity contribution in [1.82, 2.24) is 0 Å². The van der Waals surface area contributed by atoms with Crippen LogP contribution in [0.3, 0.4) is 0 Å². The molecular weight excluding hydrogens is 317 g/mol. The van der Waals surface area contributed by atoms with Crippen molar-refractivity contribution in [3.63, 3.8) is 0 Å². The fourth-order valence-electron chi connectivity index (χ4n) is 0.740. The zero-order valence-electron chi connectivity index (χ0n) is 11.0. The molecule has 0 N–H and O–H groups in total. The van der Waals surface area contributed by atoms with Crippen LogP contribution in [-0.2, 0) is 18.1 Å². The Kier molecular flexibility index (Phi) is 6.53. The average Bonchev–Trinajstić information content (AvgIpc) is 2.26. The zero-order chi connectivity index (χ0) is 16.2. The lowest BCUT2D eigenvalue weighted by Crippen LogP contribution is -2.28. The fraction of sp³-hybridized carbons (Fsp3) is 1.00. The molecule has 20 heavy (non-hydrogen) atoms. The molecule has 11 heteroatoms. The van der Waals surface area contributed by atoms with Gasteiger partial charge >= 0.3 is 26.1 Å². The number of phosphoric acid groups is 1. The predicted octanol–water partition coefficient (Wildman–Crippen LogP) is 5.15. The van der Waals surface area contributed by atoms with Crippen molar-refractivity contribution in [2.24, 2.45) is 0 Å². The molecule has 0 radical (unpaired) electrons. The number of rotatable bonds is 9. The van der Waals surface area contributed by atoms with E-state index in [2.05, 4.69) is 13.6 Å². The Morgan fingerprint density at radius 2 is 0.900 bits per heavy atom. The van der Waals surface area contributed by atoms with E-state index in [4.69, 9.17) is 0 Å². The second kappa shape index (κ2) is 6.64. The first-order chi connectivity index (χ1) is 8.80. The van der Waals surface area contributed by atoms with Gasteiger partial charge in [-0.1, -0.05) is 20.8 Å². The quantitative estimate of drug-likeness (QED) is 0.432. The second-order valence-corrected chi connectivity index (χ2v) is 5.14. The van der Waals surface area contributed by atoms with E-state index in [1.54, 1.807) is 0 Å². The Hall–Kier alpha value is -0.310. The van der Waals surface area contributed by atoms with Crippen LogP contribution in [0.5, 0.6) is 0 Å². The van der Waals surface area contributed by atoms with Gasteiger partial charge in [0.1, 0.15) is 0 Å². The third kappa shape index (κ3) is 6.92. The summed E-state index contributed by atoms with van der Waals surface area (Å²) in [6, 6.07) is 0. The molecule has 0 atom stereocenters. The standard InChI is InChI=1S/C9H15F6O4P/c1-4-7(10,11)17-20(16,18-8(12,13)5-2)19-9(14,15)6-3/h4-6H2,1-3H3. The monoisotopic (exact) mass is 332 g/mol. The first-order valence-corrected chi connectivity index (χ1v) is 7.12. The van der Waals surface area contributed by atoms with Crippen molar-refractivity contribution >= 4 is 7.82 Å². The highest BCUT2D eigenvalue weighted by molar-refractivity contribution is 7.48. The molecule has 122 valence electrons.